The predicted molar refractivity (Wildman–Crippen MR) is 107 cm³/mol. The second kappa shape index (κ2) is 10.1. The molecule has 1 aliphatic carbocycles. The standard InChI is InChI=1S/C20H29ClN4O3/c1-23(14-19(26)22-17-4-5-17)15-20(27)25-10-8-24(9-11-25)12-13-28-18-6-2-16(21)3-7-18/h2-3,6-7,17H,4-5,8-15H2,1H3,(H,22,26)/p+2. The summed E-state index contributed by atoms with van der Waals surface area (Å²) in [4.78, 5) is 28.6. The molecule has 1 aromatic rings. The molecule has 0 spiro atoms. The van der Waals surface area contributed by atoms with Crippen LogP contribution in [-0.4, -0.2) is 82.2 Å². The molecule has 0 radical (unpaired) electrons. The van der Waals surface area contributed by atoms with Crippen molar-refractivity contribution in [2.45, 2.75) is 18.9 Å². The molecule has 1 aromatic carbocycles. The second-order valence-electron chi connectivity index (χ2n) is 7.84. The molecule has 1 atom stereocenters. The molecule has 0 aromatic heterocycles. The number of nitrogens with zero attached hydrogens (tertiary/aromatic N) is 1. The number of ether oxygens (including phenoxy) is 1. The second-order valence-corrected chi connectivity index (χ2v) is 8.27. The summed E-state index contributed by atoms with van der Waals surface area (Å²) in [6.07, 6.45) is 2.17. The van der Waals surface area contributed by atoms with E-state index in [1.807, 2.05) is 36.2 Å². The Kier molecular flexibility index (Phi) is 7.53. The minimum atomic E-state index is 0.0442. The van der Waals surface area contributed by atoms with Gasteiger partial charge in [-0.05, 0) is 37.1 Å². The summed E-state index contributed by atoms with van der Waals surface area (Å²) in [6.45, 7) is 5.66. The quantitative estimate of drug-likeness (QED) is 0.452. The van der Waals surface area contributed by atoms with Crippen LogP contribution < -0.4 is 19.9 Å². The molecule has 1 aliphatic heterocycles. The van der Waals surface area contributed by atoms with Crippen molar-refractivity contribution in [2.75, 3.05) is 59.5 Å². The number of likely N-dealkylation sites (N-methyl/N-ethyl adjacent to an activating group) is 1. The number of carbonyl (C=O) groups is 2. The Morgan fingerprint density at radius 3 is 2.54 bits per heavy atom. The Labute approximate surface area is 171 Å². The fourth-order valence-electron chi connectivity index (χ4n) is 3.38. The summed E-state index contributed by atoms with van der Waals surface area (Å²) < 4.78 is 5.76. The van der Waals surface area contributed by atoms with Gasteiger partial charge in [-0.25, -0.2) is 0 Å². The zero-order valence-electron chi connectivity index (χ0n) is 16.5. The zero-order chi connectivity index (χ0) is 19.9. The Morgan fingerprint density at radius 1 is 1.21 bits per heavy atom. The van der Waals surface area contributed by atoms with Gasteiger partial charge in [0.05, 0.1) is 33.2 Å². The lowest BCUT2D eigenvalue weighted by molar-refractivity contribution is -0.904. The molecule has 3 N–H and O–H groups in total. The molecule has 2 aliphatic rings. The van der Waals surface area contributed by atoms with Gasteiger partial charge in [0.2, 0.25) is 0 Å². The van der Waals surface area contributed by atoms with E-state index < -0.39 is 0 Å². The number of benzene rings is 1. The average Bonchev–Trinajstić information content (AvgIpc) is 3.47. The highest BCUT2D eigenvalue weighted by atomic mass is 35.5. The Bertz CT molecular complexity index is 658. The van der Waals surface area contributed by atoms with Crippen molar-refractivity contribution in [1.82, 2.24) is 10.2 Å². The predicted octanol–water partition coefficient (Wildman–Crippen LogP) is -1.76. The van der Waals surface area contributed by atoms with Crippen LogP contribution in [0.5, 0.6) is 5.75 Å². The smallest absolute Gasteiger partial charge is 0.278 e. The van der Waals surface area contributed by atoms with E-state index in [1.54, 1.807) is 0 Å². The molecule has 7 nitrogen and oxygen atoms in total. The van der Waals surface area contributed by atoms with E-state index in [0.29, 0.717) is 30.8 Å². The summed E-state index contributed by atoms with van der Waals surface area (Å²) in [5.74, 6) is 1.00. The topological polar surface area (TPSA) is 67.5 Å². The van der Waals surface area contributed by atoms with Gasteiger partial charge in [-0.3, -0.25) is 9.59 Å². The number of hydrogen-bond acceptors (Lipinski definition) is 3. The van der Waals surface area contributed by atoms with E-state index in [4.69, 9.17) is 16.3 Å². The Balaban J connectivity index is 1.29. The van der Waals surface area contributed by atoms with Crippen LogP contribution in [0.15, 0.2) is 24.3 Å². The first kappa shape index (κ1) is 20.9. The summed E-state index contributed by atoms with van der Waals surface area (Å²) >= 11 is 5.87. The van der Waals surface area contributed by atoms with Gasteiger partial charge in [0.15, 0.2) is 13.1 Å². The van der Waals surface area contributed by atoms with E-state index in [0.717, 1.165) is 56.2 Å². The number of carbonyl (C=O) groups excluding carboxylic acids is 2. The van der Waals surface area contributed by atoms with Crippen LogP contribution in [0.2, 0.25) is 5.02 Å². The number of piperazine rings is 1. The van der Waals surface area contributed by atoms with Gasteiger partial charge in [0, 0.05) is 11.1 Å². The summed E-state index contributed by atoms with van der Waals surface area (Å²) in [6, 6.07) is 7.76. The highest BCUT2D eigenvalue weighted by molar-refractivity contribution is 6.30. The highest BCUT2D eigenvalue weighted by Crippen LogP contribution is 2.18. The number of nitrogens with one attached hydrogen (secondary N) is 3. The largest absolute Gasteiger partial charge is 0.488 e. The molecule has 8 heteroatoms. The van der Waals surface area contributed by atoms with Gasteiger partial charge < -0.3 is 24.8 Å². The SMILES string of the molecule is C[NH+](CC(=O)NC1CC1)CC(=O)N1CC[NH+](CCOc2ccc(Cl)cc2)CC1. The van der Waals surface area contributed by atoms with Gasteiger partial charge in [0.1, 0.15) is 18.9 Å². The van der Waals surface area contributed by atoms with Gasteiger partial charge in [0.25, 0.3) is 11.8 Å². The van der Waals surface area contributed by atoms with Crippen molar-refractivity contribution in [3.8, 4) is 5.75 Å². The molecule has 2 fully saturated rings. The minimum absolute atomic E-state index is 0.0442. The zero-order valence-corrected chi connectivity index (χ0v) is 17.3. The third-order valence-corrected chi connectivity index (χ3v) is 5.47. The molecule has 1 unspecified atom stereocenters. The van der Waals surface area contributed by atoms with Crippen LogP contribution >= 0.6 is 11.6 Å². The fourth-order valence-corrected chi connectivity index (χ4v) is 3.51. The maximum atomic E-state index is 12.5. The molecular weight excluding hydrogens is 380 g/mol. The monoisotopic (exact) mass is 410 g/mol. The number of quaternary nitrogens is 2. The summed E-state index contributed by atoms with van der Waals surface area (Å²) in [5, 5.41) is 3.67. The maximum absolute atomic E-state index is 12.5. The van der Waals surface area contributed by atoms with E-state index in [9.17, 15) is 9.59 Å². The Hall–Kier alpha value is -1.83. The first-order chi connectivity index (χ1) is 13.5. The highest BCUT2D eigenvalue weighted by Gasteiger charge is 2.27. The van der Waals surface area contributed by atoms with Crippen molar-refractivity contribution in [2.24, 2.45) is 0 Å². The molecule has 0 bridgehead atoms. The summed E-state index contributed by atoms with van der Waals surface area (Å²) in [5.41, 5.74) is 0. The number of halogens is 1. The van der Waals surface area contributed by atoms with Gasteiger partial charge in [-0.2, -0.15) is 0 Å². The molecule has 2 amide bonds. The van der Waals surface area contributed by atoms with Gasteiger partial charge in [-0.1, -0.05) is 11.6 Å². The van der Waals surface area contributed by atoms with E-state index in [2.05, 4.69) is 5.32 Å². The Morgan fingerprint density at radius 2 is 1.89 bits per heavy atom. The molecule has 1 saturated heterocycles. The van der Waals surface area contributed by atoms with E-state index >= 15 is 0 Å². The van der Waals surface area contributed by atoms with Crippen molar-refractivity contribution in [3.63, 3.8) is 0 Å². The minimum Gasteiger partial charge on any atom is -0.488 e. The molecule has 1 saturated carbocycles. The molecule has 28 heavy (non-hydrogen) atoms. The third kappa shape index (κ3) is 6.96. The first-order valence-electron chi connectivity index (χ1n) is 10.1. The number of amides is 2. The molecule has 1 heterocycles. The fraction of sp³-hybridized carbons (Fsp3) is 0.600. The van der Waals surface area contributed by atoms with Gasteiger partial charge in [-0.15, -0.1) is 0 Å². The third-order valence-electron chi connectivity index (χ3n) is 5.22. The average molecular weight is 411 g/mol. The first-order valence-corrected chi connectivity index (χ1v) is 10.5. The molecule has 3 rings (SSSR count). The van der Waals surface area contributed by atoms with Gasteiger partial charge >= 0.3 is 0 Å². The number of hydrogen-bond donors (Lipinski definition) is 3. The van der Waals surface area contributed by atoms with Crippen molar-refractivity contribution < 1.29 is 24.1 Å². The van der Waals surface area contributed by atoms with Crippen LogP contribution in [0.1, 0.15) is 12.8 Å². The molecule has 154 valence electrons. The number of rotatable bonds is 9. The van der Waals surface area contributed by atoms with E-state index in [1.165, 1.54) is 4.90 Å². The van der Waals surface area contributed by atoms with Crippen LogP contribution in [0.3, 0.4) is 0 Å². The van der Waals surface area contributed by atoms with E-state index in [-0.39, 0.29) is 11.8 Å². The van der Waals surface area contributed by atoms with Crippen LogP contribution in [0, 0.1) is 0 Å². The van der Waals surface area contributed by atoms with Crippen molar-refractivity contribution >= 4 is 23.4 Å². The van der Waals surface area contributed by atoms with Crippen molar-refractivity contribution in [3.05, 3.63) is 29.3 Å². The lowest BCUT2D eigenvalue weighted by atomic mass is 10.3. The lowest BCUT2D eigenvalue weighted by Gasteiger charge is -2.32. The molecular formula is C20H31ClN4O3+2. The maximum Gasteiger partial charge on any atom is 0.278 e. The van der Waals surface area contributed by atoms with Crippen molar-refractivity contribution in [1.29, 1.82) is 0 Å². The van der Waals surface area contributed by atoms with Crippen LogP contribution in [0.25, 0.3) is 0 Å². The lowest BCUT2D eigenvalue weighted by Crippen LogP contribution is -3.15. The van der Waals surface area contributed by atoms with Crippen LogP contribution in [0.4, 0.5) is 0 Å². The normalized spacial score (nSPS) is 18.6. The summed E-state index contributed by atoms with van der Waals surface area (Å²) in [7, 11) is 1.90. The van der Waals surface area contributed by atoms with Crippen LogP contribution in [-0.2, 0) is 9.59 Å².